The molecule has 0 bridgehead atoms. The van der Waals surface area contributed by atoms with Gasteiger partial charge in [0.1, 0.15) is 0 Å². The van der Waals surface area contributed by atoms with Crippen LogP contribution >= 0.6 is 24.0 Å². The molecule has 1 aliphatic rings. The normalized spacial score (nSPS) is 16.1. The molecule has 1 heterocycles. The zero-order valence-corrected chi connectivity index (χ0v) is 14.6. The fraction of sp³-hybridized carbons (Fsp3) is 0.533. The van der Waals surface area contributed by atoms with Gasteiger partial charge in [0, 0.05) is 18.8 Å². The summed E-state index contributed by atoms with van der Waals surface area (Å²) in [4.78, 5) is 6.17. The largest absolute Gasteiger partial charge is 0.390 e. The molecule has 1 fully saturated rings. The summed E-state index contributed by atoms with van der Waals surface area (Å²) >= 11 is 0. The monoisotopic (exact) mass is 427 g/mol. The van der Waals surface area contributed by atoms with Gasteiger partial charge in [-0.1, -0.05) is 18.2 Å². The smallest absolute Gasteiger partial charge is 0.343 e. The number of alkyl halides is 3. The SMILES string of the molecule is FC(F)(F)CCN=C(Nc1ccccc1)N1CCCCC1.I. The lowest BCUT2D eigenvalue weighted by molar-refractivity contribution is -0.132. The topological polar surface area (TPSA) is 27.6 Å². The molecule has 1 aliphatic heterocycles. The van der Waals surface area contributed by atoms with Crippen molar-refractivity contribution in [1.29, 1.82) is 0 Å². The molecular formula is C15H21F3IN3. The molecule has 22 heavy (non-hydrogen) atoms. The van der Waals surface area contributed by atoms with Crippen LogP contribution in [0.5, 0.6) is 0 Å². The van der Waals surface area contributed by atoms with Gasteiger partial charge in [-0.25, -0.2) is 0 Å². The van der Waals surface area contributed by atoms with Crippen LogP contribution in [-0.2, 0) is 0 Å². The summed E-state index contributed by atoms with van der Waals surface area (Å²) in [5.74, 6) is 0.546. The Balaban J connectivity index is 0.00000242. The van der Waals surface area contributed by atoms with Crippen LogP contribution in [0.1, 0.15) is 25.7 Å². The maximum absolute atomic E-state index is 12.3. The van der Waals surface area contributed by atoms with Crippen LogP contribution in [0, 0.1) is 0 Å². The Morgan fingerprint density at radius 2 is 1.73 bits per heavy atom. The van der Waals surface area contributed by atoms with Gasteiger partial charge in [-0.15, -0.1) is 24.0 Å². The van der Waals surface area contributed by atoms with Crippen molar-refractivity contribution in [1.82, 2.24) is 4.90 Å². The zero-order valence-electron chi connectivity index (χ0n) is 12.3. The second-order valence-electron chi connectivity index (χ2n) is 5.11. The number of halogens is 4. The number of nitrogens with one attached hydrogen (secondary N) is 1. The lowest BCUT2D eigenvalue weighted by atomic mass is 10.1. The van der Waals surface area contributed by atoms with Crippen molar-refractivity contribution in [2.75, 3.05) is 25.0 Å². The number of para-hydroxylation sites is 1. The lowest BCUT2D eigenvalue weighted by Crippen LogP contribution is -2.40. The maximum atomic E-state index is 12.3. The second-order valence-corrected chi connectivity index (χ2v) is 5.11. The van der Waals surface area contributed by atoms with E-state index in [0.717, 1.165) is 38.0 Å². The number of benzene rings is 1. The number of piperidine rings is 1. The van der Waals surface area contributed by atoms with Crippen molar-refractivity contribution in [2.24, 2.45) is 4.99 Å². The quantitative estimate of drug-likeness (QED) is 0.437. The first-order chi connectivity index (χ1) is 10.0. The Hall–Kier alpha value is -0.990. The van der Waals surface area contributed by atoms with Crippen LogP contribution in [0.25, 0.3) is 0 Å². The lowest BCUT2D eigenvalue weighted by Gasteiger charge is -2.30. The number of guanidine groups is 1. The van der Waals surface area contributed by atoms with E-state index in [2.05, 4.69) is 10.3 Å². The first-order valence-electron chi connectivity index (χ1n) is 7.23. The molecule has 0 atom stereocenters. The fourth-order valence-electron chi connectivity index (χ4n) is 2.26. The number of likely N-dealkylation sites (tertiary alicyclic amines) is 1. The van der Waals surface area contributed by atoms with Crippen LogP contribution in [0.2, 0.25) is 0 Å². The van der Waals surface area contributed by atoms with Gasteiger partial charge in [0.05, 0.1) is 13.0 Å². The third-order valence-electron chi connectivity index (χ3n) is 3.34. The van der Waals surface area contributed by atoms with E-state index in [4.69, 9.17) is 0 Å². The molecule has 2 rings (SSSR count). The van der Waals surface area contributed by atoms with Gasteiger partial charge in [0.2, 0.25) is 0 Å². The highest BCUT2D eigenvalue weighted by molar-refractivity contribution is 14.0. The minimum Gasteiger partial charge on any atom is -0.343 e. The van der Waals surface area contributed by atoms with Crippen molar-refractivity contribution >= 4 is 35.6 Å². The molecule has 3 nitrogen and oxygen atoms in total. The number of hydrogen-bond acceptors (Lipinski definition) is 1. The van der Waals surface area contributed by atoms with Crippen molar-refractivity contribution in [3.05, 3.63) is 30.3 Å². The molecule has 0 saturated carbocycles. The summed E-state index contributed by atoms with van der Waals surface area (Å²) in [6, 6.07) is 9.41. The standard InChI is InChI=1S/C15H20F3N3.HI/c16-15(17,18)9-10-19-14(21-11-5-2-6-12-21)20-13-7-3-1-4-8-13;/h1,3-4,7-8H,2,5-6,9-12H2,(H,19,20);1H. The Morgan fingerprint density at radius 1 is 1.09 bits per heavy atom. The van der Waals surface area contributed by atoms with E-state index in [1.807, 2.05) is 35.2 Å². The Labute approximate surface area is 146 Å². The van der Waals surface area contributed by atoms with Crippen LogP contribution in [0.4, 0.5) is 18.9 Å². The Kier molecular flexibility index (Phi) is 7.98. The van der Waals surface area contributed by atoms with Crippen molar-refractivity contribution in [2.45, 2.75) is 31.9 Å². The molecule has 0 amide bonds. The summed E-state index contributed by atoms with van der Waals surface area (Å²) in [5, 5.41) is 3.14. The van der Waals surface area contributed by atoms with E-state index < -0.39 is 12.6 Å². The highest BCUT2D eigenvalue weighted by Crippen LogP contribution is 2.19. The molecule has 0 aromatic heterocycles. The van der Waals surface area contributed by atoms with Gasteiger partial charge in [0.15, 0.2) is 5.96 Å². The number of nitrogens with zero attached hydrogens (tertiary/aromatic N) is 2. The zero-order chi connectivity index (χ0) is 15.1. The molecule has 124 valence electrons. The maximum Gasteiger partial charge on any atom is 0.390 e. The Morgan fingerprint density at radius 3 is 2.32 bits per heavy atom. The summed E-state index contributed by atoms with van der Waals surface area (Å²) < 4.78 is 36.8. The highest BCUT2D eigenvalue weighted by atomic mass is 127. The van der Waals surface area contributed by atoms with Crippen LogP contribution in [0.3, 0.4) is 0 Å². The third-order valence-corrected chi connectivity index (χ3v) is 3.34. The molecule has 0 radical (unpaired) electrons. The number of hydrogen-bond donors (Lipinski definition) is 1. The van der Waals surface area contributed by atoms with Gasteiger partial charge in [0.25, 0.3) is 0 Å². The summed E-state index contributed by atoms with van der Waals surface area (Å²) in [7, 11) is 0. The van der Waals surface area contributed by atoms with E-state index in [1.54, 1.807) is 0 Å². The molecule has 1 saturated heterocycles. The van der Waals surface area contributed by atoms with E-state index in [9.17, 15) is 13.2 Å². The molecule has 1 aromatic carbocycles. The molecule has 0 spiro atoms. The summed E-state index contributed by atoms with van der Waals surface area (Å²) in [6.45, 7) is 1.44. The molecule has 1 N–H and O–H groups in total. The molecule has 1 aromatic rings. The van der Waals surface area contributed by atoms with Gasteiger partial charge in [-0.05, 0) is 31.4 Å². The molecular weight excluding hydrogens is 406 g/mol. The summed E-state index contributed by atoms with van der Waals surface area (Å²) in [5.41, 5.74) is 0.842. The Bertz CT molecular complexity index is 457. The predicted molar refractivity (Wildman–Crippen MR) is 93.9 cm³/mol. The molecule has 0 unspecified atom stereocenters. The predicted octanol–water partition coefficient (Wildman–Crippen LogP) is 4.51. The number of rotatable bonds is 3. The third kappa shape index (κ3) is 6.85. The van der Waals surface area contributed by atoms with Crippen molar-refractivity contribution in [3.63, 3.8) is 0 Å². The highest BCUT2D eigenvalue weighted by Gasteiger charge is 2.26. The fourth-order valence-corrected chi connectivity index (χ4v) is 2.26. The van der Waals surface area contributed by atoms with E-state index in [0.29, 0.717) is 5.96 Å². The minimum atomic E-state index is -4.16. The van der Waals surface area contributed by atoms with Crippen molar-refractivity contribution < 1.29 is 13.2 Å². The first kappa shape index (κ1) is 19.1. The van der Waals surface area contributed by atoms with Gasteiger partial charge in [-0.2, -0.15) is 13.2 Å². The molecule has 0 aliphatic carbocycles. The van der Waals surface area contributed by atoms with Gasteiger partial charge < -0.3 is 10.2 Å². The van der Waals surface area contributed by atoms with Crippen LogP contribution in [-0.4, -0.2) is 36.7 Å². The van der Waals surface area contributed by atoms with E-state index >= 15 is 0 Å². The second kappa shape index (κ2) is 9.22. The van der Waals surface area contributed by atoms with Crippen LogP contribution in [0.15, 0.2) is 35.3 Å². The number of anilines is 1. The average molecular weight is 427 g/mol. The minimum absolute atomic E-state index is 0. The van der Waals surface area contributed by atoms with E-state index in [-0.39, 0.29) is 30.5 Å². The van der Waals surface area contributed by atoms with E-state index in [1.165, 1.54) is 0 Å². The van der Waals surface area contributed by atoms with Crippen LogP contribution < -0.4 is 5.32 Å². The van der Waals surface area contributed by atoms with Gasteiger partial charge in [-0.3, -0.25) is 4.99 Å². The summed E-state index contributed by atoms with van der Waals surface area (Å²) in [6.07, 6.45) is -1.79. The van der Waals surface area contributed by atoms with Crippen molar-refractivity contribution in [3.8, 4) is 0 Å². The average Bonchev–Trinajstić information content (AvgIpc) is 2.47. The van der Waals surface area contributed by atoms with Gasteiger partial charge >= 0.3 is 6.18 Å². The first-order valence-corrected chi connectivity index (χ1v) is 7.23. The number of aliphatic imine (C=N–C) groups is 1. The molecule has 7 heteroatoms.